The Bertz CT molecular complexity index is 793. The van der Waals surface area contributed by atoms with Crippen LogP contribution in [-0.2, 0) is 10.0 Å². The van der Waals surface area contributed by atoms with Crippen LogP contribution in [0.3, 0.4) is 0 Å². The quantitative estimate of drug-likeness (QED) is 0.781. The summed E-state index contributed by atoms with van der Waals surface area (Å²) in [5.41, 5.74) is 0.0753. The number of aromatic nitrogens is 1. The Hall–Kier alpha value is -1.64. The molecule has 6 nitrogen and oxygen atoms in total. The van der Waals surface area contributed by atoms with Gasteiger partial charge < -0.3 is 5.11 Å². The van der Waals surface area contributed by atoms with Crippen molar-refractivity contribution < 1.29 is 18.3 Å². The van der Waals surface area contributed by atoms with Crippen LogP contribution in [0.2, 0.25) is 5.15 Å². The van der Waals surface area contributed by atoms with E-state index >= 15 is 0 Å². The van der Waals surface area contributed by atoms with Crippen LogP contribution < -0.4 is 4.72 Å². The first-order valence-corrected chi connectivity index (χ1v) is 8.12. The predicted molar refractivity (Wildman–Crippen MR) is 81.2 cm³/mol. The van der Waals surface area contributed by atoms with Gasteiger partial charge in [-0.05, 0) is 46.3 Å². The van der Waals surface area contributed by atoms with Crippen LogP contribution in [0.15, 0.2) is 45.9 Å². The van der Waals surface area contributed by atoms with Crippen LogP contribution in [0, 0.1) is 0 Å². The highest BCUT2D eigenvalue weighted by molar-refractivity contribution is 9.10. The average molecular weight is 392 g/mol. The summed E-state index contributed by atoms with van der Waals surface area (Å²) in [6.45, 7) is 0. The van der Waals surface area contributed by atoms with E-state index < -0.39 is 16.0 Å². The van der Waals surface area contributed by atoms with Crippen molar-refractivity contribution in [2.75, 3.05) is 4.72 Å². The van der Waals surface area contributed by atoms with Crippen molar-refractivity contribution >= 4 is 49.2 Å². The van der Waals surface area contributed by atoms with Gasteiger partial charge in [0.15, 0.2) is 0 Å². The number of hydrogen-bond donors (Lipinski definition) is 2. The zero-order valence-electron chi connectivity index (χ0n) is 10.2. The average Bonchev–Trinajstić information content (AvgIpc) is 2.41. The van der Waals surface area contributed by atoms with Gasteiger partial charge in [0.05, 0.1) is 22.3 Å². The van der Waals surface area contributed by atoms with E-state index in [1.165, 1.54) is 30.5 Å². The molecule has 110 valence electrons. The number of carbonyl (C=O) groups is 1. The van der Waals surface area contributed by atoms with Gasteiger partial charge in [-0.1, -0.05) is 11.6 Å². The topological polar surface area (TPSA) is 96.4 Å². The number of sulfonamides is 1. The lowest BCUT2D eigenvalue weighted by molar-refractivity contribution is 0.0695. The van der Waals surface area contributed by atoms with Crippen molar-refractivity contribution in [2.24, 2.45) is 0 Å². The highest BCUT2D eigenvalue weighted by atomic mass is 79.9. The van der Waals surface area contributed by atoms with E-state index in [4.69, 9.17) is 16.7 Å². The Morgan fingerprint density at radius 2 is 2.00 bits per heavy atom. The van der Waals surface area contributed by atoms with Gasteiger partial charge in [-0.25, -0.2) is 18.2 Å². The van der Waals surface area contributed by atoms with Gasteiger partial charge >= 0.3 is 5.97 Å². The molecular formula is C12H8BrClN2O4S. The number of pyridine rings is 1. The SMILES string of the molecule is O=C(O)c1cc(S(=O)(=O)Nc2ccc(Cl)nc2)ccc1Br. The van der Waals surface area contributed by atoms with E-state index in [0.717, 1.165) is 6.07 Å². The van der Waals surface area contributed by atoms with Crippen molar-refractivity contribution in [3.63, 3.8) is 0 Å². The molecule has 0 fully saturated rings. The van der Waals surface area contributed by atoms with Crippen molar-refractivity contribution in [2.45, 2.75) is 4.90 Å². The third-order valence-electron chi connectivity index (χ3n) is 2.46. The maximum atomic E-state index is 12.2. The molecule has 0 bridgehead atoms. The first-order chi connectivity index (χ1) is 9.79. The zero-order chi connectivity index (χ0) is 15.6. The van der Waals surface area contributed by atoms with Crippen molar-refractivity contribution in [1.82, 2.24) is 4.98 Å². The second kappa shape index (κ2) is 6.00. The molecule has 2 N–H and O–H groups in total. The van der Waals surface area contributed by atoms with Crippen LogP contribution >= 0.6 is 27.5 Å². The first kappa shape index (κ1) is 15.7. The standard InChI is InChI=1S/C12H8BrClN2O4S/c13-10-3-2-8(5-9(10)12(17)18)21(19,20)16-7-1-4-11(14)15-6-7/h1-6,16H,(H,17,18). The number of aromatic carboxylic acids is 1. The van der Waals surface area contributed by atoms with Gasteiger partial charge in [-0.3, -0.25) is 4.72 Å². The summed E-state index contributed by atoms with van der Waals surface area (Å²) in [7, 11) is -3.92. The van der Waals surface area contributed by atoms with Gasteiger partial charge in [0.2, 0.25) is 0 Å². The Morgan fingerprint density at radius 1 is 1.29 bits per heavy atom. The van der Waals surface area contributed by atoms with Crippen molar-refractivity contribution in [3.05, 3.63) is 51.7 Å². The summed E-state index contributed by atoms with van der Waals surface area (Å²) in [6, 6.07) is 6.60. The number of anilines is 1. The van der Waals surface area contributed by atoms with E-state index in [0.29, 0.717) is 4.47 Å². The molecule has 0 spiro atoms. The van der Waals surface area contributed by atoms with E-state index in [9.17, 15) is 13.2 Å². The Labute approximate surface area is 134 Å². The summed E-state index contributed by atoms with van der Waals surface area (Å²) >= 11 is 8.67. The smallest absolute Gasteiger partial charge is 0.336 e. The van der Waals surface area contributed by atoms with Crippen LogP contribution in [-0.4, -0.2) is 24.5 Å². The van der Waals surface area contributed by atoms with Crippen LogP contribution in [0.4, 0.5) is 5.69 Å². The molecular weight excluding hydrogens is 384 g/mol. The summed E-state index contributed by atoms with van der Waals surface area (Å²) in [5, 5.41) is 9.24. The highest BCUT2D eigenvalue weighted by Crippen LogP contribution is 2.23. The van der Waals surface area contributed by atoms with Crippen LogP contribution in [0.25, 0.3) is 0 Å². The fourth-order valence-electron chi connectivity index (χ4n) is 1.49. The molecule has 0 saturated heterocycles. The van der Waals surface area contributed by atoms with E-state index in [1.807, 2.05) is 0 Å². The Kier molecular flexibility index (Phi) is 4.50. The van der Waals surface area contributed by atoms with Gasteiger partial charge in [0.1, 0.15) is 5.15 Å². The number of nitrogens with zero attached hydrogens (tertiary/aromatic N) is 1. The van der Waals surface area contributed by atoms with Gasteiger partial charge in [-0.15, -0.1) is 0 Å². The molecule has 1 heterocycles. The van der Waals surface area contributed by atoms with E-state index in [-0.39, 0.29) is 21.3 Å². The fourth-order valence-corrected chi connectivity index (χ4v) is 3.08. The van der Waals surface area contributed by atoms with Gasteiger partial charge in [-0.2, -0.15) is 0 Å². The molecule has 0 unspecified atom stereocenters. The molecule has 1 aromatic heterocycles. The number of benzene rings is 1. The molecule has 0 saturated carbocycles. The van der Waals surface area contributed by atoms with E-state index in [2.05, 4.69) is 25.6 Å². The minimum absolute atomic E-state index is 0.146. The molecule has 2 rings (SSSR count). The lowest BCUT2D eigenvalue weighted by Gasteiger charge is -2.09. The van der Waals surface area contributed by atoms with Crippen molar-refractivity contribution in [3.8, 4) is 0 Å². The molecule has 0 aliphatic heterocycles. The fraction of sp³-hybridized carbons (Fsp3) is 0. The third-order valence-corrected chi connectivity index (χ3v) is 4.75. The Balaban J connectivity index is 2.38. The molecule has 0 amide bonds. The van der Waals surface area contributed by atoms with Gasteiger partial charge in [0.25, 0.3) is 10.0 Å². The number of carboxylic acid groups (broad SMARTS) is 1. The zero-order valence-corrected chi connectivity index (χ0v) is 13.4. The predicted octanol–water partition coefficient (Wildman–Crippen LogP) is 3.00. The largest absolute Gasteiger partial charge is 0.478 e. The summed E-state index contributed by atoms with van der Waals surface area (Å²) in [4.78, 5) is 14.6. The van der Waals surface area contributed by atoms with E-state index in [1.54, 1.807) is 0 Å². The molecule has 0 aliphatic rings. The lowest BCUT2D eigenvalue weighted by atomic mass is 10.2. The Morgan fingerprint density at radius 3 is 2.57 bits per heavy atom. The first-order valence-electron chi connectivity index (χ1n) is 5.47. The third kappa shape index (κ3) is 3.72. The molecule has 21 heavy (non-hydrogen) atoms. The maximum Gasteiger partial charge on any atom is 0.336 e. The summed E-state index contributed by atoms with van der Waals surface area (Å²) in [5.74, 6) is -1.23. The molecule has 0 radical (unpaired) electrons. The number of halogens is 2. The maximum absolute atomic E-state index is 12.2. The van der Waals surface area contributed by atoms with Crippen LogP contribution in [0.1, 0.15) is 10.4 Å². The number of nitrogens with one attached hydrogen (secondary N) is 1. The molecule has 0 atom stereocenters. The minimum atomic E-state index is -3.92. The normalized spacial score (nSPS) is 11.1. The number of hydrogen-bond acceptors (Lipinski definition) is 4. The van der Waals surface area contributed by atoms with Crippen LogP contribution in [0.5, 0.6) is 0 Å². The molecule has 1 aromatic carbocycles. The van der Waals surface area contributed by atoms with Crippen molar-refractivity contribution in [1.29, 1.82) is 0 Å². The second-order valence-corrected chi connectivity index (χ2v) is 6.85. The lowest BCUT2D eigenvalue weighted by Crippen LogP contribution is -2.14. The van der Waals surface area contributed by atoms with Gasteiger partial charge in [0, 0.05) is 4.47 Å². The number of rotatable bonds is 4. The molecule has 2 aromatic rings. The summed E-state index contributed by atoms with van der Waals surface area (Å²) < 4.78 is 27.0. The monoisotopic (exact) mass is 390 g/mol. The molecule has 0 aliphatic carbocycles. The highest BCUT2D eigenvalue weighted by Gasteiger charge is 2.18. The second-order valence-electron chi connectivity index (χ2n) is 3.92. The minimum Gasteiger partial charge on any atom is -0.478 e. The molecule has 9 heteroatoms. The summed E-state index contributed by atoms with van der Waals surface area (Å²) in [6.07, 6.45) is 1.26. The number of carboxylic acids is 1.